The minimum Gasteiger partial charge on any atom is -0.362 e. The Morgan fingerprint density at radius 1 is 1.17 bits per heavy atom. The summed E-state index contributed by atoms with van der Waals surface area (Å²) in [6.07, 6.45) is -0.792. The zero-order valence-electron chi connectivity index (χ0n) is 10.1. The summed E-state index contributed by atoms with van der Waals surface area (Å²) in [6.45, 7) is 3.54. The number of amides is 1. The van der Waals surface area contributed by atoms with Gasteiger partial charge in [0.2, 0.25) is 9.70 Å². The van der Waals surface area contributed by atoms with Gasteiger partial charge in [0.25, 0.3) is 0 Å². The average molecular weight is 310 g/mol. The van der Waals surface area contributed by atoms with E-state index in [0.717, 1.165) is 5.69 Å². The van der Waals surface area contributed by atoms with Gasteiger partial charge >= 0.3 is 0 Å². The highest BCUT2D eigenvalue weighted by Gasteiger charge is 2.34. The number of hydrogen-bond acceptors (Lipinski definition) is 2. The molecule has 0 saturated heterocycles. The van der Waals surface area contributed by atoms with Gasteiger partial charge in [-0.1, -0.05) is 66.8 Å². The van der Waals surface area contributed by atoms with Crippen molar-refractivity contribution in [2.24, 2.45) is 5.92 Å². The molecule has 2 N–H and O–H groups in total. The smallest absolute Gasteiger partial charge is 0.228 e. The molecule has 0 aliphatic carbocycles. The fourth-order valence-electron chi connectivity index (χ4n) is 1.21. The van der Waals surface area contributed by atoms with Crippen LogP contribution < -0.4 is 10.6 Å². The van der Waals surface area contributed by atoms with Crippen LogP contribution in [0.1, 0.15) is 13.8 Å². The summed E-state index contributed by atoms with van der Waals surface area (Å²) in [4.78, 5) is 11.7. The van der Waals surface area contributed by atoms with Crippen LogP contribution in [0.5, 0.6) is 0 Å². The summed E-state index contributed by atoms with van der Waals surface area (Å²) in [5, 5.41) is 5.64. The van der Waals surface area contributed by atoms with E-state index in [-0.39, 0.29) is 11.8 Å². The van der Waals surface area contributed by atoms with Gasteiger partial charge in [0, 0.05) is 11.6 Å². The standard InChI is InChI=1S/C12H15Cl3N2O/c1-8(2)10(18)17-11(12(13,14)15)16-9-6-4-3-5-7-9/h3-8,11,16H,1-2H3,(H,17,18)/t11-/m1/s1. The maximum Gasteiger partial charge on any atom is 0.228 e. The summed E-state index contributed by atoms with van der Waals surface area (Å²) in [5.74, 6) is -0.368. The van der Waals surface area contributed by atoms with Crippen molar-refractivity contribution < 1.29 is 4.79 Å². The summed E-state index contributed by atoms with van der Waals surface area (Å²) >= 11 is 17.6. The molecule has 0 radical (unpaired) electrons. The lowest BCUT2D eigenvalue weighted by Gasteiger charge is -2.28. The number of halogens is 3. The fourth-order valence-corrected chi connectivity index (χ4v) is 1.54. The molecule has 1 rings (SSSR count). The molecule has 0 spiro atoms. The number of carbonyl (C=O) groups excluding carboxylic acids is 1. The second-order valence-electron chi connectivity index (χ2n) is 4.15. The molecule has 0 heterocycles. The van der Waals surface area contributed by atoms with Crippen molar-refractivity contribution in [2.75, 3.05) is 5.32 Å². The molecule has 0 aliphatic rings. The largest absolute Gasteiger partial charge is 0.362 e. The molecule has 1 atom stereocenters. The van der Waals surface area contributed by atoms with Gasteiger partial charge in [-0.3, -0.25) is 4.79 Å². The minimum atomic E-state index is -1.64. The molecule has 0 aliphatic heterocycles. The van der Waals surface area contributed by atoms with E-state index in [1.807, 2.05) is 30.3 Å². The number of para-hydroxylation sites is 1. The Labute approximate surface area is 122 Å². The molecule has 1 aromatic rings. The van der Waals surface area contributed by atoms with Crippen LogP contribution in [-0.2, 0) is 4.79 Å². The van der Waals surface area contributed by atoms with Crippen LogP contribution in [0.15, 0.2) is 30.3 Å². The first kappa shape index (κ1) is 15.4. The summed E-state index contributed by atoms with van der Waals surface area (Å²) < 4.78 is -1.64. The molecule has 100 valence electrons. The van der Waals surface area contributed by atoms with E-state index in [0.29, 0.717) is 0 Å². The second-order valence-corrected chi connectivity index (χ2v) is 6.52. The summed E-state index contributed by atoms with van der Waals surface area (Å²) in [7, 11) is 0. The van der Waals surface area contributed by atoms with E-state index >= 15 is 0 Å². The Morgan fingerprint density at radius 2 is 1.72 bits per heavy atom. The van der Waals surface area contributed by atoms with Gasteiger partial charge in [-0.2, -0.15) is 0 Å². The third kappa shape index (κ3) is 4.92. The van der Waals surface area contributed by atoms with Crippen LogP contribution in [-0.4, -0.2) is 15.9 Å². The molecular weight excluding hydrogens is 295 g/mol. The first-order valence-electron chi connectivity index (χ1n) is 5.49. The number of anilines is 1. The predicted octanol–water partition coefficient (Wildman–Crippen LogP) is 3.57. The Bertz CT molecular complexity index is 390. The van der Waals surface area contributed by atoms with Crippen molar-refractivity contribution in [3.05, 3.63) is 30.3 Å². The zero-order chi connectivity index (χ0) is 13.8. The molecule has 18 heavy (non-hydrogen) atoms. The first-order chi connectivity index (χ1) is 8.30. The van der Waals surface area contributed by atoms with Crippen LogP contribution in [0.25, 0.3) is 0 Å². The van der Waals surface area contributed by atoms with Gasteiger partial charge in [-0.05, 0) is 12.1 Å². The zero-order valence-corrected chi connectivity index (χ0v) is 12.4. The lowest BCUT2D eigenvalue weighted by Crippen LogP contribution is -2.50. The minimum absolute atomic E-state index is 0.183. The lowest BCUT2D eigenvalue weighted by atomic mass is 10.2. The highest BCUT2D eigenvalue weighted by atomic mass is 35.6. The van der Waals surface area contributed by atoms with E-state index in [1.165, 1.54) is 0 Å². The Balaban J connectivity index is 2.77. The topological polar surface area (TPSA) is 41.1 Å². The van der Waals surface area contributed by atoms with Crippen LogP contribution in [0.3, 0.4) is 0 Å². The third-order valence-electron chi connectivity index (χ3n) is 2.22. The fraction of sp³-hybridized carbons (Fsp3) is 0.417. The molecule has 0 saturated carbocycles. The van der Waals surface area contributed by atoms with E-state index in [9.17, 15) is 4.79 Å². The molecule has 1 amide bonds. The number of nitrogens with one attached hydrogen (secondary N) is 2. The summed E-state index contributed by atoms with van der Waals surface area (Å²) in [6, 6.07) is 9.22. The quantitative estimate of drug-likeness (QED) is 0.659. The molecule has 6 heteroatoms. The van der Waals surface area contributed by atoms with Gasteiger partial charge < -0.3 is 10.6 Å². The molecule has 3 nitrogen and oxygen atoms in total. The van der Waals surface area contributed by atoms with Crippen molar-refractivity contribution in [1.29, 1.82) is 0 Å². The highest BCUT2D eigenvalue weighted by molar-refractivity contribution is 6.68. The number of benzene rings is 1. The lowest BCUT2D eigenvalue weighted by molar-refractivity contribution is -0.124. The molecular formula is C12H15Cl3N2O. The summed E-state index contributed by atoms with van der Waals surface area (Å²) in [5.41, 5.74) is 0.762. The molecule has 0 unspecified atom stereocenters. The van der Waals surface area contributed by atoms with Crippen LogP contribution >= 0.6 is 34.8 Å². The number of hydrogen-bond donors (Lipinski definition) is 2. The Kier molecular flexibility index (Phi) is 5.57. The van der Waals surface area contributed by atoms with Crippen LogP contribution in [0.2, 0.25) is 0 Å². The van der Waals surface area contributed by atoms with Crippen molar-refractivity contribution in [2.45, 2.75) is 23.8 Å². The van der Waals surface area contributed by atoms with E-state index in [2.05, 4.69) is 10.6 Å². The van der Waals surface area contributed by atoms with Crippen molar-refractivity contribution in [3.8, 4) is 0 Å². The van der Waals surface area contributed by atoms with Crippen molar-refractivity contribution in [1.82, 2.24) is 5.32 Å². The maximum atomic E-state index is 11.7. The monoisotopic (exact) mass is 308 g/mol. The van der Waals surface area contributed by atoms with Crippen molar-refractivity contribution >= 4 is 46.4 Å². The molecule has 0 aromatic heterocycles. The number of carbonyl (C=O) groups is 1. The average Bonchev–Trinajstić information content (AvgIpc) is 2.28. The first-order valence-corrected chi connectivity index (χ1v) is 6.63. The Hall–Kier alpha value is -0.640. The van der Waals surface area contributed by atoms with Crippen molar-refractivity contribution in [3.63, 3.8) is 0 Å². The number of alkyl halides is 3. The van der Waals surface area contributed by atoms with E-state index < -0.39 is 9.96 Å². The van der Waals surface area contributed by atoms with Gasteiger partial charge in [0.1, 0.15) is 6.17 Å². The highest BCUT2D eigenvalue weighted by Crippen LogP contribution is 2.31. The third-order valence-corrected chi connectivity index (χ3v) is 2.88. The predicted molar refractivity (Wildman–Crippen MR) is 77.1 cm³/mol. The molecule has 0 bridgehead atoms. The van der Waals surface area contributed by atoms with Crippen LogP contribution in [0.4, 0.5) is 5.69 Å². The van der Waals surface area contributed by atoms with E-state index in [1.54, 1.807) is 13.8 Å². The molecule has 0 fully saturated rings. The second kappa shape index (κ2) is 6.50. The van der Waals surface area contributed by atoms with Crippen LogP contribution in [0, 0.1) is 5.92 Å². The maximum absolute atomic E-state index is 11.7. The van der Waals surface area contributed by atoms with Gasteiger partial charge in [-0.25, -0.2) is 0 Å². The number of rotatable bonds is 4. The van der Waals surface area contributed by atoms with E-state index in [4.69, 9.17) is 34.8 Å². The molecule has 1 aromatic carbocycles. The SMILES string of the molecule is CC(C)C(=O)N[C@@H](Nc1ccccc1)C(Cl)(Cl)Cl. The Morgan fingerprint density at radius 3 is 2.17 bits per heavy atom. The van der Waals surface area contributed by atoms with Gasteiger partial charge in [-0.15, -0.1) is 0 Å². The van der Waals surface area contributed by atoms with Gasteiger partial charge in [0.05, 0.1) is 0 Å². The van der Waals surface area contributed by atoms with Gasteiger partial charge in [0.15, 0.2) is 0 Å². The normalized spacial score (nSPS) is 13.2.